The molecule has 3 nitrogen and oxygen atoms in total. The van der Waals surface area contributed by atoms with Crippen molar-refractivity contribution in [3.8, 4) is 0 Å². The van der Waals surface area contributed by atoms with Crippen molar-refractivity contribution in [3.63, 3.8) is 0 Å². The lowest BCUT2D eigenvalue weighted by Gasteiger charge is -2.33. The van der Waals surface area contributed by atoms with Gasteiger partial charge in [-0.25, -0.2) is 9.97 Å². The van der Waals surface area contributed by atoms with E-state index in [4.69, 9.17) is 9.97 Å². The van der Waals surface area contributed by atoms with E-state index in [1.807, 2.05) is 0 Å². The van der Waals surface area contributed by atoms with Crippen LogP contribution in [0.2, 0.25) is 0 Å². The standard InChI is InChI=1S/C18H31N3/c1-6-19-12-9-16-13(2)20-17(21-14(16)3)15-7-10-18(4,5)11-8-15/h15,19H,6-12H2,1-5H3. The van der Waals surface area contributed by atoms with Gasteiger partial charge in [-0.05, 0) is 70.0 Å². The van der Waals surface area contributed by atoms with Crippen molar-refractivity contribution < 1.29 is 0 Å². The predicted octanol–water partition coefficient (Wildman–Crippen LogP) is 3.93. The number of nitrogens with one attached hydrogen (secondary N) is 1. The summed E-state index contributed by atoms with van der Waals surface area (Å²) in [7, 11) is 0. The van der Waals surface area contributed by atoms with E-state index in [1.165, 1.54) is 42.6 Å². The molecule has 0 bridgehead atoms. The molecule has 0 aliphatic heterocycles. The highest BCUT2D eigenvalue weighted by molar-refractivity contribution is 5.25. The molecular formula is C18H31N3. The van der Waals surface area contributed by atoms with Gasteiger partial charge >= 0.3 is 0 Å². The second-order valence-electron chi connectivity index (χ2n) is 7.27. The van der Waals surface area contributed by atoms with Gasteiger partial charge in [0.15, 0.2) is 0 Å². The summed E-state index contributed by atoms with van der Waals surface area (Å²) in [6, 6.07) is 0. The van der Waals surface area contributed by atoms with Crippen molar-refractivity contribution in [2.24, 2.45) is 5.41 Å². The Labute approximate surface area is 130 Å². The molecule has 1 heterocycles. The fraction of sp³-hybridized carbons (Fsp3) is 0.778. The van der Waals surface area contributed by atoms with Gasteiger partial charge in [0.2, 0.25) is 0 Å². The summed E-state index contributed by atoms with van der Waals surface area (Å²) in [5, 5.41) is 3.38. The molecule has 0 aromatic carbocycles. The fourth-order valence-electron chi connectivity index (χ4n) is 3.36. The Morgan fingerprint density at radius 1 is 1.10 bits per heavy atom. The van der Waals surface area contributed by atoms with E-state index < -0.39 is 0 Å². The maximum Gasteiger partial charge on any atom is 0.131 e. The third-order valence-corrected chi connectivity index (χ3v) is 4.94. The zero-order valence-corrected chi connectivity index (χ0v) is 14.4. The van der Waals surface area contributed by atoms with Gasteiger partial charge in [-0.3, -0.25) is 0 Å². The van der Waals surface area contributed by atoms with Gasteiger partial charge in [0.1, 0.15) is 5.82 Å². The molecular weight excluding hydrogens is 258 g/mol. The van der Waals surface area contributed by atoms with Crippen molar-refractivity contribution in [3.05, 3.63) is 22.8 Å². The molecule has 1 fully saturated rings. The SMILES string of the molecule is CCNCCc1c(C)nc(C2CCC(C)(C)CC2)nc1C. The van der Waals surface area contributed by atoms with E-state index in [2.05, 4.69) is 39.9 Å². The first-order chi connectivity index (χ1) is 9.93. The molecule has 1 aromatic heterocycles. The lowest BCUT2D eigenvalue weighted by molar-refractivity contribution is 0.220. The number of aryl methyl sites for hydroxylation is 2. The number of likely N-dealkylation sites (N-methyl/N-ethyl adjacent to an activating group) is 1. The lowest BCUT2D eigenvalue weighted by Crippen LogP contribution is -2.22. The molecule has 3 heteroatoms. The Balaban J connectivity index is 2.09. The number of aromatic nitrogens is 2. The van der Waals surface area contributed by atoms with Crippen LogP contribution in [0.25, 0.3) is 0 Å². The first-order valence-electron chi connectivity index (χ1n) is 8.47. The summed E-state index contributed by atoms with van der Waals surface area (Å²) in [4.78, 5) is 9.69. The van der Waals surface area contributed by atoms with Crippen LogP contribution in [0.1, 0.15) is 75.1 Å². The van der Waals surface area contributed by atoms with Crippen LogP contribution in [0.4, 0.5) is 0 Å². The smallest absolute Gasteiger partial charge is 0.131 e. The maximum atomic E-state index is 4.85. The first-order valence-corrected chi connectivity index (χ1v) is 8.47. The van der Waals surface area contributed by atoms with Crippen molar-refractivity contribution in [1.82, 2.24) is 15.3 Å². The molecule has 1 saturated carbocycles. The van der Waals surface area contributed by atoms with Crippen LogP contribution in [0.15, 0.2) is 0 Å². The minimum atomic E-state index is 0.506. The van der Waals surface area contributed by atoms with E-state index >= 15 is 0 Å². The van der Waals surface area contributed by atoms with Gasteiger partial charge < -0.3 is 5.32 Å². The zero-order valence-electron chi connectivity index (χ0n) is 14.4. The molecule has 2 rings (SSSR count). The van der Waals surface area contributed by atoms with Crippen LogP contribution in [0, 0.1) is 19.3 Å². The Morgan fingerprint density at radius 3 is 2.19 bits per heavy atom. The quantitative estimate of drug-likeness (QED) is 0.835. The van der Waals surface area contributed by atoms with E-state index in [-0.39, 0.29) is 0 Å². The second-order valence-corrected chi connectivity index (χ2v) is 7.27. The van der Waals surface area contributed by atoms with Crippen LogP contribution in [0.3, 0.4) is 0 Å². The molecule has 0 amide bonds. The van der Waals surface area contributed by atoms with E-state index in [1.54, 1.807) is 0 Å². The molecule has 0 radical (unpaired) electrons. The fourth-order valence-corrected chi connectivity index (χ4v) is 3.36. The molecule has 1 aliphatic carbocycles. The van der Waals surface area contributed by atoms with Gasteiger partial charge in [0.25, 0.3) is 0 Å². The van der Waals surface area contributed by atoms with Gasteiger partial charge in [-0.2, -0.15) is 0 Å². The topological polar surface area (TPSA) is 37.8 Å². The number of rotatable bonds is 5. The summed E-state index contributed by atoms with van der Waals surface area (Å²) in [5.41, 5.74) is 4.20. The molecule has 0 saturated heterocycles. The monoisotopic (exact) mass is 289 g/mol. The largest absolute Gasteiger partial charge is 0.317 e. The van der Waals surface area contributed by atoms with Crippen molar-refractivity contribution in [2.75, 3.05) is 13.1 Å². The van der Waals surface area contributed by atoms with E-state index in [0.29, 0.717) is 11.3 Å². The van der Waals surface area contributed by atoms with Gasteiger partial charge in [-0.15, -0.1) is 0 Å². The minimum Gasteiger partial charge on any atom is -0.317 e. The molecule has 0 spiro atoms. The molecule has 1 aromatic rings. The van der Waals surface area contributed by atoms with Crippen LogP contribution in [-0.4, -0.2) is 23.1 Å². The summed E-state index contributed by atoms with van der Waals surface area (Å²) in [6.45, 7) is 13.2. The van der Waals surface area contributed by atoms with Gasteiger partial charge in [0.05, 0.1) is 0 Å². The Kier molecular flexibility index (Phi) is 5.37. The van der Waals surface area contributed by atoms with Gasteiger partial charge in [-0.1, -0.05) is 20.8 Å². The maximum absolute atomic E-state index is 4.85. The molecule has 118 valence electrons. The first kappa shape index (κ1) is 16.4. The van der Waals surface area contributed by atoms with Crippen LogP contribution >= 0.6 is 0 Å². The van der Waals surface area contributed by atoms with E-state index in [9.17, 15) is 0 Å². The van der Waals surface area contributed by atoms with Crippen molar-refractivity contribution >= 4 is 0 Å². The third kappa shape index (κ3) is 4.26. The predicted molar refractivity (Wildman–Crippen MR) is 88.7 cm³/mol. The number of hydrogen-bond donors (Lipinski definition) is 1. The number of nitrogens with zero attached hydrogens (tertiary/aromatic N) is 2. The Hall–Kier alpha value is -0.960. The van der Waals surface area contributed by atoms with Crippen molar-refractivity contribution in [2.45, 2.75) is 72.6 Å². The highest BCUT2D eigenvalue weighted by atomic mass is 14.9. The third-order valence-electron chi connectivity index (χ3n) is 4.94. The van der Waals surface area contributed by atoms with Crippen molar-refractivity contribution in [1.29, 1.82) is 0 Å². The highest BCUT2D eigenvalue weighted by Crippen LogP contribution is 2.41. The number of hydrogen-bond acceptors (Lipinski definition) is 3. The van der Waals surface area contributed by atoms with Crippen LogP contribution in [-0.2, 0) is 6.42 Å². The van der Waals surface area contributed by atoms with Crippen LogP contribution in [0.5, 0.6) is 0 Å². The summed E-state index contributed by atoms with van der Waals surface area (Å²) < 4.78 is 0. The molecule has 1 N–H and O–H groups in total. The average Bonchev–Trinajstić information content (AvgIpc) is 2.41. The summed E-state index contributed by atoms with van der Waals surface area (Å²) in [6.07, 6.45) is 6.09. The minimum absolute atomic E-state index is 0.506. The van der Waals surface area contributed by atoms with Gasteiger partial charge in [0, 0.05) is 17.3 Å². The summed E-state index contributed by atoms with van der Waals surface area (Å²) >= 11 is 0. The normalized spacial score (nSPS) is 18.9. The molecule has 0 atom stereocenters. The Bertz CT molecular complexity index is 446. The zero-order chi connectivity index (χ0) is 15.5. The summed E-state index contributed by atoms with van der Waals surface area (Å²) in [5.74, 6) is 1.66. The Morgan fingerprint density at radius 2 is 1.67 bits per heavy atom. The second kappa shape index (κ2) is 6.87. The molecule has 1 aliphatic rings. The molecule has 0 unspecified atom stereocenters. The molecule has 21 heavy (non-hydrogen) atoms. The average molecular weight is 289 g/mol. The highest BCUT2D eigenvalue weighted by Gasteiger charge is 2.29. The van der Waals surface area contributed by atoms with Crippen LogP contribution < -0.4 is 5.32 Å². The van der Waals surface area contributed by atoms with E-state index in [0.717, 1.165) is 25.3 Å². The lowest BCUT2D eigenvalue weighted by atomic mass is 9.73.